The van der Waals surface area contributed by atoms with Crippen molar-refractivity contribution in [3.05, 3.63) is 143 Å². The molecule has 8 nitrogen and oxygen atoms in total. The highest BCUT2D eigenvalue weighted by Crippen LogP contribution is 2.59. The number of benzene rings is 4. The lowest BCUT2D eigenvalue weighted by atomic mass is 9.62. The van der Waals surface area contributed by atoms with Crippen LogP contribution in [0.4, 0.5) is 0 Å². The van der Waals surface area contributed by atoms with Crippen LogP contribution in [-0.2, 0) is 0 Å². The third-order valence-corrected chi connectivity index (χ3v) is 12.6. The minimum Gasteiger partial charge on any atom is -0.497 e. The monoisotopic (exact) mass is 848 g/mol. The Labute approximate surface area is 376 Å². The molecule has 4 aromatic carbocycles. The van der Waals surface area contributed by atoms with Gasteiger partial charge in [-0.25, -0.2) is 9.97 Å². The second kappa shape index (κ2) is 16.6. The molecular formula is C56H56N4O4. The molecule has 0 radical (unpaired) electrons. The highest BCUT2D eigenvalue weighted by molar-refractivity contribution is 5.97. The topological polar surface area (TPSA) is 94.3 Å². The molecule has 0 saturated carbocycles. The molecule has 2 aromatic heterocycles. The number of H-pyrrole nitrogens is 2. The van der Waals surface area contributed by atoms with E-state index < -0.39 is 0 Å². The zero-order chi connectivity index (χ0) is 44.9. The second-order valence-electron chi connectivity index (χ2n) is 18.8. The molecule has 0 spiro atoms. The highest BCUT2D eigenvalue weighted by Gasteiger charge is 2.47. The van der Waals surface area contributed by atoms with Gasteiger partial charge in [0.1, 0.15) is 23.0 Å². The zero-order valence-corrected chi connectivity index (χ0v) is 38.4. The van der Waals surface area contributed by atoms with E-state index in [-0.39, 0.29) is 22.7 Å². The van der Waals surface area contributed by atoms with Crippen molar-refractivity contribution in [2.45, 2.75) is 53.4 Å². The smallest absolute Gasteiger partial charge is 0.119 e. The van der Waals surface area contributed by atoms with Crippen molar-refractivity contribution < 1.29 is 18.9 Å². The summed E-state index contributed by atoms with van der Waals surface area (Å²) in [5.74, 6) is 3.09. The van der Waals surface area contributed by atoms with Crippen LogP contribution in [0.2, 0.25) is 0 Å². The van der Waals surface area contributed by atoms with Gasteiger partial charge in [0, 0.05) is 56.5 Å². The van der Waals surface area contributed by atoms with Gasteiger partial charge in [-0.15, -0.1) is 0 Å². The summed E-state index contributed by atoms with van der Waals surface area (Å²) in [4.78, 5) is 19.3. The van der Waals surface area contributed by atoms with Crippen molar-refractivity contribution in [3.8, 4) is 67.5 Å². The Morgan fingerprint density at radius 2 is 0.688 bits per heavy atom. The van der Waals surface area contributed by atoms with Gasteiger partial charge in [0.15, 0.2) is 0 Å². The molecule has 8 bridgehead atoms. The summed E-state index contributed by atoms with van der Waals surface area (Å²) in [6.07, 6.45) is 8.61. The summed E-state index contributed by atoms with van der Waals surface area (Å²) in [5.41, 5.74) is 14.9. The molecule has 0 saturated heterocycles. The minimum absolute atomic E-state index is 0.0147. The minimum atomic E-state index is -0.208. The number of hydrogen-bond acceptors (Lipinski definition) is 6. The molecule has 2 N–H and O–H groups in total. The quantitative estimate of drug-likeness (QED) is 0.158. The summed E-state index contributed by atoms with van der Waals surface area (Å²) < 4.78 is 23.3. The van der Waals surface area contributed by atoms with Crippen molar-refractivity contribution in [1.29, 1.82) is 0 Å². The maximum Gasteiger partial charge on any atom is 0.119 e. The third kappa shape index (κ3) is 7.72. The van der Waals surface area contributed by atoms with Crippen LogP contribution in [0, 0.1) is 10.8 Å². The van der Waals surface area contributed by atoms with Gasteiger partial charge in [-0.05, 0) is 118 Å². The molecule has 5 heterocycles. The summed E-state index contributed by atoms with van der Waals surface area (Å²) in [6, 6.07) is 37.3. The van der Waals surface area contributed by atoms with E-state index in [2.05, 4.69) is 149 Å². The number of aromatic nitrogens is 4. The van der Waals surface area contributed by atoms with Crippen LogP contribution in [0.1, 0.15) is 87.5 Å². The van der Waals surface area contributed by atoms with Gasteiger partial charge < -0.3 is 28.9 Å². The predicted molar refractivity (Wildman–Crippen MR) is 263 cm³/mol. The van der Waals surface area contributed by atoms with Gasteiger partial charge in [0.2, 0.25) is 0 Å². The Bertz CT molecular complexity index is 2850. The lowest BCUT2D eigenvalue weighted by Crippen LogP contribution is -2.30. The number of rotatable bonds is 8. The number of methoxy groups -OCH3 is 4. The average Bonchev–Trinajstić information content (AvgIpc) is 4.13. The molecule has 8 heteroatoms. The summed E-state index contributed by atoms with van der Waals surface area (Å²) >= 11 is 0. The summed E-state index contributed by atoms with van der Waals surface area (Å²) in [5, 5.41) is 0. The number of aromatic amines is 2. The first-order chi connectivity index (χ1) is 30.8. The fourth-order valence-corrected chi connectivity index (χ4v) is 9.78. The molecule has 3 aliphatic rings. The van der Waals surface area contributed by atoms with Gasteiger partial charge in [-0.3, -0.25) is 0 Å². The summed E-state index contributed by atoms with van der Waals surface area (Å²) in [6.45, 7) is 14.1. The Balaban J connectivity index is 1.56. The molecule has 3 aliphatic heterocycles. The van der Waals surface area contributed by atoms with E-state index in [1.807, 2.05) is 36.4 Å². The zero-order valence-electron chi connectivity index (χ0n) is 38.4. The van der Waals surface area contributed by atoms with Crippen LogP contribution >= 0.6 is 0 Å². The van der Waals surface area contributed by atoms with Crippen LogP contribution < -0.4 is 18.9 Å². The van der Waals surface area contributed by atoms with Gasteiger partial charge in [-0.1, -0.05) is 90.1 Å². The lowest BCUT2D eigenvalue weighted by Gasteiger charge is -2.40. The predicted octanol–water partition coefficient (Wildman–Crippen LogP) is 14.0. The van der Waals surface area contributed by atoms with Gasteiger partial charge >= 0.3 is 0 Å². The fraction of sp³-hybridized carbons (Fsp3) is 0.250. The van der Waals surface area contributed by atoms with Crippen molar-refractivity contribution in [3.63, 3.8) is 0 Å². The van der Waals surface area contributed by atoms with E-state index in [4.69, 9.17) is 28.9 Å². The normalized spacial score (nSPS) is 15.2. The van der Waals surface area contributed by atoms with Crippen LogP contribution in [0.5, 0.6) is 23.0 Å². The van der Waals surface area contributed by atoms with Crippen molar-refractivity contribution >= 4 is 35.3 Å². The van der Waals surface area contributed by atoms with Gasteiger partial charge in [0.25, 0.3) is 0 Å². The Morgan fingerprint density at radius 3 is 0.984 bits per heavy atom. The maximum atomic E-state index is 5.88. The van der Waals surface area contributed by atoms with Crippen LogP contribution in [-0.4, -0.2) is 48.4 Å². The Morgan fingerprint density at radius 1 is 0.391 bits per heavy atom. The van der Waals surface area contributed by atoms with E-state index >= 15 is 0 Å². The van der Waals surface area contributed by atoms with Gasteiger partial charge in [-0.2, -0.15) is 0 Å². The highest BCUT2D eigenvalue weighted by atomic mass is 16.5. The number of ether oxygens (including phenoxy) is 4. The van der Waals surface area contributed by atoms with Crippen molar-refractivity contribution in [1.82, 2.24) is 19.9 Å². The molecule has 2 atom stereocenters. The summed E-state index contributed by atoms with van der Waals surface area (Å²) in [7, 11) is 6.83. The molecule has 0 amide bonds. The molecule has 6 aromatic rings. The number of fused-ring (bicyclic) bond motifs is 8. The van der Waals surface area contributed by atoms with E-state index in [0.717, 1.165) is 113 Å². The van der Waals surface area contributed by atoms with E-state index in [0.29, 0.717) is 0 Å². The number of nitrogens with zero attached hydrogens (tertiary/aromatic N) is 2. The molecule has 64 heavy (non-hydrogen) atoms. The van der Waals surface area contributed by atoms with E-state index in [1.54, 1.807) is 28.4 Å². The molecule has 0 fully saturated rings. The lowest BCUT2D eigenvalue weighted by molar-refractivity contribution is 0.196. The van der Waals surface area contributed by atoms with Crippen molar-refractivity contribution in [2.24, 2.45) is 10.8 Å². The third-order valence-electron chi connectivity index (χ3n) is 12.6. The fourth-order valence-electron chi connectivity index (χ4n) is 9.78. The van der Waals surface area contributed by atoms with Crippen molar-refractivity contribution in [2.75, 3.05) is 28.4 Å². The van der Waals surface area contributed by atoms with Gasteiger partial charge in [0.05, 0.1) is 51.2 Å². The molecule has 0 aliphatic carbocycles. The largest absolute Gasteiger partial charge is 0.497 e. The average molecular weight is 849 g/mol. The second-order valence-corrected chi connectivity index (χ2v) is 18.8. The molecule has 2 unspecified atom stereocenters. The number of nitrogens with one attached hydrogen (secondary N) is 2. The Hall–Kier alpha value is -7.06. The van der Waals surface area contributed by atoms with Crippen LogP contribution in [0.25, 0.3) is 79.8 Å². The van der Waals surface area contributed by atoms with Crippen LogP contribution in [0.15, 0.2) is 109 Å². The van der Waals surface area contributed by atoms with E-state index in [9.17, 15) is 0 Å². The molecule has 324 valence electrons. The maximum absolute atomic E-state index is 5.88. The Kier molecular flexibility index (Phi) is 10.9. The first-order valence-corrected chi connectivity index (χ1v) is 21.8. The SMILES string of the molecule is COc1cccc(-c2c3nc(c(-c4cccc(OC)c4)c4ccc([nH]4)c(-c4cccc(OC)c4)c4nc(c(-c5cccc(OC)c5)c5[nH]c2C(C(C)(C)C)C5C(C)(C)C)C=C4)C=C3)c1. The first-order valence-electron chi connectivity index (χ1n) is 21.8. The molecule has 9 rings (SSSR count). The first kappa shape index (κ1) is 42.3. The molecular weight excluding hydrogens is 793 g/mol. The van der Waals surface area contributed by atoms with E-state index in [1.165, 1.54) is 0 Å². The number of hydrogen-bond donors (Lipinski definition) is 2. The van der Waals surface area contributed by atoms with Crippen LogP contribution in [0.3, 0.4) is 0 Å². The standard InChI is InChI=1S/C56H56N4O4/c1-55(2,3)51-52(56(4,5)6)54-50(36-18-14-22-40(32-36)64-10)46-28-26-44(59-46)48(34-16-12-20-38(30-34)62-8)42-24-23-41(57-42)47(33-15-11-19-37(29-33)61-7)43-25-27-45(58-43)49(53(51)60-54)35-17-13-21-39(31-35)63-9/h11-32,51-52,57,60H,1-10H3.